The Morgan fingerprint density at radius 1 is 1.14 bits per heavy atom. The number of hydrogen-bond acceptors (Lipinski definition) is 3. The third-order valence-corrected chi connectivity index (χ3v) is 3.74. The molecule has 0 saturated carbocycles. The van der Waals surface area contributed by atoms with E-state index in [0.29, 0.717) is 18.5 Å². The second-order valence-electron chi connectivity index (χ2n) is 5.30. The van der Waals surface area contributed by atoms with Crippen molar-refractivity contribution in [3.8, 4) is 5.75 Å². The minimum Gasteiger partial charge on any atom is -0.507 e. The molecule has 2 rings (SSSR count). The molecule has 0 radical (unpaired) electrons. The topological polar surface area (TPSA) is 69.6 Å². The maximum Gasteiger partial charge on any atom is 0.255 e. The van der Waals surface area contributed by atoms with Crippen molar-refractivity contribution in [2.24, 2.45) is 0 Å². The molecule has 0 fully saturated rings. The summed E-state index contributed by atoms with van der Waals surface area (Å²) in [5.74, 6) is -0.249. The van der Waals surface area contributed by atoms with E-state index in [4.69, 9.17) is 0 Å². The molecule has 0 aliphatic rings. The maximum absolute atomic E-state index is 12.2. The lowest BCUT2D eigenvalue weighted by Gasteiger charge is -2.17. The standard InChI is InChI=1S/C18H21NO3/c1-13-6-5-9-16(17(13)21)18(22)19-12-15(10-11-20)14-7-3-2-4-8-14/h2-9,15,20-21H,10-12H2,1H3,(H,19,22). The number of nitrogens with one attached hydrogen (secondary N) is 1. The molecule has 1 atom stereocenters. The Kier molecular flexibility index (Phi) is 5.55. The molecule has 0 spiro atoms. The molecule has 0 aliphatic heterocycles. The first-order chi connectivity index (χ1) is 10.6. The second-order valence-corrected chi connectivity index (χ2v) is 5.30. The number of rotatable bonds is 6. The zero-order valence-electron chi connectivity index (χ0n) is 12.6. The summed E-state index contributed by atoms with van der Waals surface area (Å²) < 4.78 is 0. The smallest absolute Gasteiger partial charge is 0.255 e. The van der Waals surface area contributed by atoms with Gasteiger partial charge in [0.25, 0.3) is 5.91 Å². The van der Waals surface area contributed by atoms with Gasteiger partial charge in [0.2, 0.25) is 0 Å². The number of aromatic hydroxyl groups is 1. The number of aliphatic hydroxyl groups excluding tert-OH is 1. The van der Waals surface area contributed by atoms with Gasteiger partial charge in [0.15, 0.2) is 0 Å². The van der Waals surface area contributed by atoms with Crippen LogP contribution in [-0.4, -0.2) is 29.3 Å². The van der Waals surface area contributed by atoms with Gasteiger partial charge < -0.3 is 15.5 Å². The Morgan fingerprint density at radius 2 is 1.86 bits per heavy atom. The first-order valence-electron chi connectivity index (χ1n) is 7.36. The number of carbonyl (C=O) groups excluding carboxylic acids is 1. The van der Waals surface area contributed by atoms with Crippen LogP contribution in [0.5, 0.6) is 5.75 Å². The van der Waals surface area contributed by atoms with Crippen LogP contribution in [0.3, 0.4) is 0 Å². The van der Waals surface area contributed by atoms with Gasteiger partial charge in [-0.15, -0.1) is 0 Å². The number of phenols is 1. The third-order valence-electron chi connectivity index (χ3n) is 3.74. The fraction of sp³-hybridized carbons (Fsp3) is 0.278. The van der Waals surface area contributed by atoms with E-state index in [2.05, 4.69) is 5.32 Å². The summed E-state index contributed by atoms with van der Waals surface area (Å²) >= 11 is 0. The quantitative estimate of drug-likeness (QED) is 0.768. The van der Waals surface area contributed by atoms with Crippen molar-refractivity contribution in [3.63, 3.8) is 0 Å². The van der Waals surface area contributed by atoms with Crippen molar-refractivity contribution in [2.75, 3.05) is 13.2 Å². The largest absolute Gasteiger partial charge is 0.507 e. The van der Waals surface area contributed by atoms with Gasteiger partial charge in [0.1, 0.15) is 5.75 Å². The highest BCUT2D eigenvalue weighted by molar-refractivity contribution is 5.97. The predicted molar refractivity (Wildman–Crippen MR) is 86.1 cm³/mol. The van der Waals surface area contributed by atoms with Gasteiger partial charge in [0.05, 0.1) is 5.56 Å². The maximum atomic E-state index is 12.2. The Bertz CT molecular complexity index is 625. The minimum atomic E-state index is -0.305. The van der Waals surface area contributed by atoms with Crippen molar-refractivity contribution in [3.05, 3.63) is 65.2 Å². The molecule has 4 nitrogen and oxygen atoms in total. The Labute approximate surface area is 130 Å². The van der Waals surface area contributed by atoms with Gasteiger partial charge in [-0.05, 0) is 30.5 Å². The number of carbonyl (C=O) groups is 1. The Balaban J connectivity index is 2.06. The number of phenolic OH excluding ortho intramolecular Hbond substituents is 1. The van der Waals surface area contributed by atoms with E-state index in [9.17, 15) is 15.0 Å². The van der Waals surface area contributed by atoms with E-state index in [1.807, 2.05) is 30.3 Å². The molecule has 1 unspecified atom stereocenters. The molecule has 2 aromatic carbocycles. The molecule has 4 heteroatoms. The van der Waals surface area contributed by atoms with Crippen LogP contribution in [0.1, 0.15) is 33.8 Å². The molecule has 0 heterocycles. The van der Waals surface area contributed by atoms with Gasteiger partial charge in [0, 0.05) is 19.1 Å². The summed E-state index contributed by atoms with van der Waals surface area (Å²) in [6.45, 7) is 2.23. The Morgan fingerprint density at radius 3 is 2.55 bits per heavy atom. The predicted octanol–water partition coefficient (Wildman–Crippen LogP) is 2.60. The molecule has 0 aromatic heterocycles. The molecule has 1 amide bonds. The lowest BCUT2D eigenvalue weighted by molar-refractivity contribution is 0.0946. The van der Waals surface area contributed by atoms with E-state index in [1.165, 1.54) is 0 Å². The van der Waals surface area contributed by atoms with Crippen molar-refractivity contribution in [1.82, 2.24) is 5.32 Å². The highest BCUT2D eigenvalue weighted by Gasteiger charge is 2.16. The van der Waals surface area contributed by atoms with Crippen LogP contribution in [0.2, 0.25) is 0 Å². The molecule has 0 saturated heterocycles. The van der Waals surface area contributed by atoms with Crippen LogP contribution in [0.15, 0.2) is 48.5 Å². The highest BCUT2D eigenvalue weighted by Crippen LogP contribution is 2.22. The van der Waals surface area contributed by atoms with E-state index in [-0.39, 0.29) is 29.7 Å². The van der Waals surface area contributed by atoms with Crippen molar-refractivity contribution in [1.29, 1.82) is 0 Å². The van der Waals surface area contributed by atoms with Crippen LogP contribution >= 0.6 is 0 Å². The summed E-state index contributed by atoms with van der Waals surface area (Å²) in [5.41, 5.74) is 2.02. The zero-order valence-corrected chi connectivity index (χ0v) is 12.6. The van der Waals surface area contributed by atoms with Gasteiger partial charge in [-0.25, -0.2) is 0 Å². The average molecular weight is 299 g/mol. The van der Waals surface area contributed by atoms with Gasteiger partial charge in [-0.1, -0.05) is 42.5 Å². The highest BCUT2D eigenvalue weighted by atomic mass is 16.3. The van der Waals surface area contributed by atoms with Crippen LogP contribution in [-0.2, 0) is 0 Å². The van der Waals surface area contributed by atoms with E-state index in [0.717, 1.165) is 5.56 Å². The molecule has 2 aromatic rings. The van der Waals surface area contributed by atoms with Crippen molar-refractivity contribution in [2.45, 2.75) is 19.3 Å². The van der Waals surface area contributed by atoms with Crippen LogP contribution in [0.25, 0.3) is 0 Å². The third kappa shape index (κ3) is 3.86. The summed E-state index contributed by atoms with van der Waals surface area (Å²) in [7, 11) is 0. The summed E-state index contributed by atoms with van der Waals surface area (Å²) in [6, 6.07) is 14.9. The van der Waals surface area contributed by atoms with E-state index < -0.39 is 0 Å². The lowest BCUT2D eigenvalue weighted by Crippen LogP contribution is -2.29. The fourth-order valence-corrected chi connectivity index (χ4v) is 2.42. The van der Waals surface area contributed by atoms with Gasteiger partial charge in [-0.3, -0.25) is 4.79 Å². The number of para-hydroxylation sites is 1. The van der Waals surface area contributed by atoms with E-state index in [1.54, 1.807) is 25.1 Å². The van der Waals surface area contributed by atoms with E-state index >= 15 is 0 Å². The van der Waals surface area contributed by atoms with Crippen molar-refractivity contribution < 1.29 is 15.0 Å². The molecule has 0 aliphatic carbocycles. The molecule has 22 heavy (non-hydrogen) atoms. The summed E-state index contributed by atoms with van der Waals surface area (Å²) in [6.07, 6.45) is 0.574. The molecule has 116 valence electrons. The normalized spacial score (nSPS) is 11.9. The molecule has 3 N–H and O–H groups in total. The zero-order chi connectivity index (χ0) is 15.9. The van der Waals surface area contributed by atoms with Gasteiger partial charge >= 0.3 is 0 Å². The number of aryl methyl sites for hydroxylation is 1. The average Bonchev–Trinajstić information content (AvgIpc) is 2.54. The molecule has 0 bridgehead atoms. The van der Waals surface area contributed by atoms with Gasteiger partial charge in [-0.2, -0.15) is 0 Å². The summed E-state index contributed by atoms with van der Waals surface area (Å²) in [4.78, 5) is 12.2. The summed E-state index contributed by atoms with van der Waals surface area (Å²) in [5, 5.41) is 22.0. The first kappa shape index (κ1) is 16.0. The number of benzene rings is 2. The number of hydrogen-bond donors (Lipinski definition) is 3. The first-order valence-corrected chi connectivity index (χ1v) is 7.36. The number of aliphatic hydroxyl groups is 1. The number of amides is 1. The minimum absolute atomic E-state index is 0.0124. The fourth-order valence-electron chi connectivity index (χ4n) is 2.42. The SMILES string of the molecule is Cc1cccc(C(=O)NCC(CCO)c2ccccc2)c1O. The lowest BCUT2D eigenvalue weighted by atomic mass is 9.96. The molecular weight excluding hydrogens is 278 g/mol. The van der Waals surface area contributed by atoms with Crippen LogP contribution < -0.4 is 5.32 Å². The van der Waals surface area contributed by atoms with Crippen LogP contribution in [0.4, 0.5) is 0 Å². The molecular formula is C18H21NO3. The van der Waals surface area contributed by atoms with Crippen LogP contribution in [0, 0.1) is 6.92 Å². The monoisotopic (exact) mass is 299 g/mol. The second kappa shape index (κ2) is 7.61. The Hall–Kier alpha value is -2.33. The van der Waals surface area contributed by atoms with Crippen molar-refractivity contribution >= 4 is 5.91 Å².